The minimum absolute atomic E-state index is 0.0621. The van der Waals surface area contributed by atoms with Gasteiger partial charge in [-0.25, -0.2) is 4.79 Å². The van der Waals surface area contributed by atoms with Gasteiger partial charge in [-0.2, -0.15) is 0 Å². The first-order valence-electron chi connectivity index (χ1n) is 10.4. The average Bonchev–Trinajstić information content (AvgIpc) is 2.75. The van der Waals surface area contributed by atoms with Crippen molar-refractivity contribution < 1.29 is 28.5 Å². The van der Waals surface area contributed by atoms with Gasteiger partial charge in [0.25, 0.3) is 0 Å². The molecule has 0 saturated heterocycles. The molecule has 3 atom stereocenters. The minimum atomic E-state index is -0.404. The summed E-state index contributed by atoms with van der Waals surface area (Å²) in [4.78, 5) is 25.5. The number of methoxy groups -OCH3 is 1. The maximum atomic E-state index is 13.0. The van der Waals surface area contributed by atoms with Crippen molar-refractivity contribution in [3.8, 4) is 11.5 Å². The molecule has 1 fully saturated rings. The van der Waals surface area contributed by atoms with Gasteiger partial charge in [0.05, 0.1) is 18.6 Å². The lowest BCUT2D eigenvalue weighted by Gasteiger charge is -2.36. The van der Waals surface area contributed by atoms with E-state index in [4.69, 9.17) is 18.9 Å². The summed E-state index contributed by atoms with van der Waals surface area (Å²) in [5.74, 6) is 0.684. The molecule has 31 heavy (non-hydrogen) atoms. The zero-order valence-corrected chi connectivity index (χ0v) is 17.9. The Kier molecular flexibility index (Phi) is 5.98. The normalized spacial score (nSPS) is 22.6. The molecule has 1 aliphatic carbocycles. The maximum absolute atomic E-state index is 13.0. The van der Waals surface area contributed by atoms with E-state index in [-0.39, 0.29) is 29.7 Å². The van der Waals surface area contributed by atoms with Crippen LogP contribution in [0.25, 0.3) is 0 Å². The molecule has 0 N–H and O–H groups in total. The van der Waals surface area contributed by atoms with Crippen LogP contribution in [0, 0.1) is 19.8 Å². The highest BCUT2D eigenvalue weighted by molar-refractivity contribution is 5.96. The van der Waals surface area contributed by atoms with Crippen molar-refractivity contribution in [3.63, 3.8) is 0 Å². The summed E-state index contributed by atoms with van der Waals surface area (Å²) < 4.78 is 22.5. The number of fused-ring (bicyclic) bond motifs is 1. The van der Waals surface area contributed by atoms with E-state index in [0.717, 1.165) is 11.1 Å². The molecule has 0 radical (unpaired) electrons. The minimum Gasteiger partial charge on any atom is -0.497 e. The second-order valence-electron chi connectivity index (χ2n) is 8.13. The third-order valence-electron chi connectivity index (χ3n) is 5.68. The highest BCUT2D eigenvalue weighted by Crippen LogP contribution is 2.35. The number of esters is 1. The molecule has 3 unspecified atom stereocenters. The van der Waals surface area contributed by atoms with Crippen molar-refractivity contribution in [1.29, 1.82) is 0 Å². The third-order valence-corrected chi connectivity index (χ3v) is 5.68. The van der Waals surface area contributed by atoms with Gasteiger partial charge in [0, 0.05) is 6.42 Å². The Hall–Kier alpha value is -3.28. The summed E-state index contributed by atoms with van der Waals surface area (Å²) in [5, 5.41) is 0. The van der Waals surface area contributed by atoms with Gasteiger partial charge >= 0.3 is 5.97 Å². The van der Waals surface area contributed by atoms with Crippen molar-refractivity contribution in [1.82, 2.24) is 0 Å². The van der Waals surface area contributed by atoms with E-state index in [1.54, 1.807) is 31.4 Å². The summed E-state index contributed by atoms with van der Waals surface area (Å²) in [6.07, 6.45) is 2.42. The summed E-state index contributed by atoms with van der Waals surface area (Å²) in [5.41, 5.74) is 2.57. The predicted octanol–water partition coefficient (Wildman–Crippen LogP) is 4.53. The van der Waals surface area contributed by atoms with Crippen molar-refractivity contribution in [2.75, 3.05) is 7.11 Å². The standard InChI is InChI=1S/C25H26O6/c1-15-9-16(2)11-20(10-15)30-23-14-29-22-13-19(7-8-21(22)24(23)26)31-25(27)17-5-4-6-18(12-17)28-3/h4-6,9-12,14,19,21-22H,7-8,13H2,1-3H3. The molecule has 0 aromatic heterocycles. The average molecular weight is 422 g/mol. The van der Waals surface area contributed by atoms with Gasteiger partial charge in [0.1, 0.15) is 30.0 Å². The molecule has 6 heteroatoms. The van der Waals surface area contributed by atoms with Crippen LogP contribution in [0.2, 0.25) is 0 Å². The lowest BCUT2D eigenvalue weighted by molar-refractivity contribution is -0.132. The molecule has 2 aromatic rings. The van der Waals surface area contributed by atoms with Crippen LogP contribution in [0.1, 0.15) is 40.7 Å². The number of Topliss-reactive ketones (excluding diaryl/α,β-unsaturated/α-hetero) is 1. The second-order valence-corrected chi connectivity index (χ2v) is 8.13. The Morgan fingerprint density at radius 3 is 2.55 bits per heavy atom. The molecule has 6 nitrogen and oxygen atoms in total. The Balaban J connectivity index is 1.39. The zero-order chi connectivity index (χ0) is 22.0. The number of hydrogen-bond acceptors (Lipinski definition) is 6. The first-order chi connectivity index (χ1) is 14.9. The highest BCUT2D eigenvalue weighted by Gasteiger charge is 2.42. The molecular formula is C25H26O6. The van der Waals surface area contributed by atoms with Gasteiger partial charge < -0.3 is 18.9 Å². The van der Waals surface area contributed by atoms with Crippen LogP contribution in [-0.2, 0) is 14.3 Å². The van der Waals surface area contributed by atoms with Crippen molar-refractivity contribution in [2.45, 2.75) is 45.3 Å². The molecule has 4 rings (SSSR count). The largest absolute Gasteiger partial charge is 0.497 e. The molecule has 2 aliphatic rings. The SMILES string of the molecule is COc1cccc(C(=O)OC2CCC3C(=O)C(Oc4cc(C)cc(C)c4)=COC3C2)c1. The van der Waals surface area contributed by atoms with Crippen LogP contribution in [-0.4, -0.2) is 31.1 Å². The van der Waals surface area contributed by atoms with E-state index in [0.29, 0.717) is 36.3 Å². The summed E-state index contributed by atoms with van der Waals surface area (Å²) >= 11 is 0. The molecule has 2 aromatic carbocycles. The first kappa shape index (κ1) is 21.0. The monoisotopic (exact) mass is 422 g/mol. The number of hydrogen-bond donors (Lipinski definition) is 0. The number of carbonyl (C=O) groups is 2. The quantitative estimate of drug-likeness (QED) is 0.660. The van der Waals surface area contributed by atoms with Gasteiger partial charge in [0.15, 0.2) is 0 Å². The van der Waals surface area contributed by atoms with Crippen LogP contribution < -0.4 is 9.47 Å². The molecule has 1 saturated carbocycles. The maximum Gasteiger partial charge on any atom is 0.338 e. The number of benzene rings is 2. The Labute approximate surface area is 181 Å². The number of allylic oxidation sites excluding steroid dienone is 1. The van der Waals surface area contributed by atoms with E-state index >= 15 is 0 Å². The fourth-order valence-electron chi connectivity index (χ4n) is 4.20. The Morgan fingerprint density at radius 2 is 1.81 bits per heavy atom. The number of rotatable bonds is 5. The molecule has 1 heterocycles. The van der Waals surface area contributed by atoms with Crippen LogP contribution in [0.3, 0.4) is 0 Å². The number of aryl methyl sites for hydroxylation is 2. The van der Waals surface area contributed by atoms with E-state index in [9.17, 15) is 9.59 Å². The van der Waals surface area contributed by atoms with E-state index in [1.165, 1.54) is 6.26 Å². The van der Waals surface area contributed by atoms with Crippen molar-refractivity contribution in [3.05, 3.63) is 71.2 Å². The molecular weight excluding hydrogens is 396 g/mol. The van der Waals surface area contributed by atoms with Crippen molar-refractivity contribution in [2.24, 2.45) is 5.92 Å². The van der Waals surface area contributed by atoms with Gasteiger partial charge in [-0.05, 0) is 68.1 Å². The first-order valence-corrected chi connectivity index (χ1v) is 10.4. The van der Waals surface area contributed by atoms with Gasteiger partial charge in [-0.1, -0.05) is 12.1 Å². The predicted molar refractivity (Wildman–Crippen MR) is 114 cm³/mol. The van der Waals surface area contributed by atoms with Crippen molar-refractivity contribution >= 4 is 11.8 Å². The van der Waals surface area contributed by atoms with Crippen LogP contribution in [0.15, 0.2) is 54.5 Å². The molecule has 0 bridgehead atoms. The topological polar surface area (TPSA) is 71.1 Å². The smallest absolute Gasteiger partial charge is 0.338 e. The number of ether oxygens (including phenoxy) is 4. The Bertz CT molecular complexity index is 1000. The zero-order valence-electron chi connectivity index (χ0n) is 17.9. The van der Waals surface area contributed by atoms with Crippen LogP contribution in [0.5, 0.6) is 11.5 Å². The fraction of sp³-hybridized carbons (Fsp3) is 0.360. The Morgan fingerprint density at radius 1 is 1.03 bits per heavy atom. The van der Waals surface area contributed by atoms with E-state index in [2.05, 4.69) is 0 Å². The second kappa shape index (κ2) is 8.84. The number of ketones is 1. The molecule has 0 spiro atoms. The number of carbonyl (C=O) groups excluding carboxylic acids is 2. The van der Waals surface area contributed by atoms with Crippen LogP contribution in [0.4, 0.5) is 0 Å². The van der Waals surface area contributed by atoms with E-state index in [1.807, 2.05) is 32.0 Å². The van der Waals surface area contributed by atoms with Gasteiger partial charge in [0.2, 0.25) is 11.5 Å². The molecule has 0 amide bonds. The molecule has 1 aliphatic heterocycles. The third kappa shape index (κ3) is 4.74. The highest BCUT2D eigenvalue weighted by atomic mass is 16.6. The lowest BCUT2D eigenvalue weighted by Crippen LogP contribution is -2.43. The molecule has 162 valence electrons. The fourth-order valence-corrected chi connectivity index (χ4v) is 4.20. The van der Waals surface area contributed by atoms with Crippen LogP contribution >= 0.6 is 0 Å². The lowest BCUT2D eigenvalue weighted by atomic mass is 9.80. The summed E-state index contributed by atoms with van der Waals surface area (Å²) in [7, 11) is 1.55. The van der Waals surface area contributed by atoms with E-state index < -0.39 is 5.97 Å². The van der Waals surface area contributed by atoms with Gasteiger partial charge in [-0.3, -0.25) is 4.79 Å². The summed E-state index contributed by atoms with van der Waals surface area (Å²) in [6, 6.07) is 12.7. The van der Waals surface area contributed by atoms with Gasteiger partial charge in [-0.15, -0.1) is 0 Å². The summed E-state index contributed by atoms with van der Waals surface area (Å²) in [6.45, 7) is 3.97.